The molecule has 0 aromatic heterocycles. The molecule has 0 saturated heterocycles. The Bertz CT molecular complexity index is 174. The third-order valence-corrected chi connectivity index (χ3v) is 3.71. The highest BCUT2D eigenvalue weighted by atomic mass is 14.5. The van der Waals surface area contributed by atoms with Gasteiger partial charge in [0.25, 0.3) is 0 Å². The molecule has 0 unspecified atom stereocenters. The van der Waals surface area contributed by atoms with Crippen molar-refractivity contribution in [1.82, 2.24) is 0 Å². The Balaban J connectivity index is 4.54. The first-order valence-electron chi connectivity index (χ1n) is 5.89. The van der Waals surface area contributed by atoms with Gasteiger partial charge in [-0.2, -0.15) is 0 Å². The standard InChI is InChI=1S/C13H27N/c1-7-13(8-2,9-3)10-11(14)12(4,5)6/h14H,7-10H2,1-6H3. The lowest BCUT2D eigenvalue weighted by Crippen LogP contribution is -2.29. The fourth-order valence-corrected chi connectivity index (χ4v) is 1.77. The van der Waals surface area contributed by atoms with E-state index < -0.39 is 0 Å². The first-order chi connectivity index (χ1) is 6.31. The molecule has 0 atom stereocenters. The van der Waals surface area contributed by atoms with Gasteiger partial charge in [-0.15, -0.1) is 0 Å². The van der Waals surface area contributed by atoms with Gasteiger partial charge in [-0.1, -0.05) is 60.8 Å². The van der Waals surface area contributed by atoms with Gasteiger partial charge in [-0.3, -0.25) is 0 Å². The monoisotopic (exact) mass is 197 g/mol. The van der Waals surface area contributed by atoms with Crippen LogP contribution in [-0.2, 0) is 0 Å². The molecule has 0 spiro atoms. The molecule has 0 amide bonds. The second kappa shape index (κ2) is 4.95. The normalized spacial score (nSPS) is 13.0. The van der Waals surface area contributed by atoms with Crippen molar-refractivity contribution in [2.75, 3.05) is 0 Å². The Morgan fingerprint density at radius 1 is 0.929 bits per heavy atom. The third-order valence-electron chi connectivity index (χ3n) is 3.71. The summed E-state index contributed by atoms with van der Waals surface area (Å²) in [6, 6.07) is 0. The van der Waals surface area contributed by atoms with Gasteiger partial charge >= 0.3 is 0 Å². The topological polar surface area (TPSA) is 23.9 Å². The van der Waals surface area contributed by atoms with E-state index in [-0.39, 0.29) is 5.41 Å². The molecular weight excluding hydrogens is 170 g/mol. The number of nitrogens with one attached hydrogen (secondary N) is 1. The predicted molar refractivity (Wildman–Crippen MR) is 65.1 cm³/mol. The fourth-order valence-electron chi connectivity index (χ4n) is 1.77. The van der Waals surface area contributed by atoms with Gasteiger partial charge in [0.1, 0.15) is 0 Å². The van der Waals surface area contributed by atoms with Crippen LogP contribution in [0.15, 0.2) is 0 Å². The van der Waals surface area contributed by atoms with Crippen LogP contribution in [-0.4, -0.2) is 5.71 Å². The van der Waals surface area contributed by atoms with Crippen LogP contribution < -0.4 is 0 Å². The first-order valence-corrected chi connectivity index (χ1v) is 5.89. The minimum atomic E-state index is 0.0464. The summed E-state index contributed by atoms with van der Waals surface area (Å²) in [6.45, 7) is 13.2. The van der Waals surface area contributed by atoms with E-state index in [4.69, 9.17) is 5.41 Å². The molecule has 0 aromatic carbocycles. The minimum Gasteiger partial charge on any atom is -0.309 e. The minimum absolute atomic E-state index is 0.0464. The van der Waals surface area contributed by atoms with Crippen molar-refractivity contribution in [2.24, 2.45) is 10.8 Å². The molecule has 1 nitrogen and oxygen atoms in total. The van der Waals surface area contributed by atoms with Gasteiger partial charge in [0.15, 0.2) is 0 Å². The largest absolute Gasteiger partial charge is 0.309 e. The maximum atomic E-state index is 8.11. The molecule has 84 valence electrons. The second-order valence-electron chi connectivity index (χ2n) is 5.47. The Kier molecular flexibility index (Phi) is 4.83. The van der Waals surface area contributed by atoms with Crippen molar-refractivity contribution in [3.8, 4) is 0 Å². The molecule has 14 heavy (non-hydrogen) atoms. The van der Waals surface area contributed by atoms with E-state index in [1.54, 1.807) is 0 Å². The van der Waals surface area contributed by atoms with E-state index in [2.05, 4.69) is 41.5 Å². The molecule has 0 radical (unpaired) electrons. The van der Waals surface area contributed by atoms with Crippen LogP contribution in [0.3, 0.4) is 0 Å². The van der Waals surface area contributed by atoms with Gasteiger partial charge in [-0.25, -0.2) is 0 Å². The molecule has 0 saturated carbocycles. The van der Waals surface area contributed by atoms with E-state index in [0.717, 1.165) is 12.1 Å². The van der Waals surface area contributed by atoms with Crippen molar-refractivity contribution >= 4 is 5.71 Å². The summed E-state index contributed by atoms with van der Waals surface area (Å²) >= 11 is 0. The highest BCUT2D eigenvalue weighted by Gasteiger charge is 2.29. The highest BCUT2D eigenvalue weighted by molar-refractivity contribution is 5.86. The number of hydrogen-bond acceptors (Lipinski definition) is 1. The van der Waals surface area contributed by atoms with Gasteiger partial charge in [0, 0.05) is 5.71 Å². The summed E-state index contributed by atoms with van der Waals surface area (Å²) in [5.74, 6) is 0. The maximum Gasteiger partial charge on any atom is 0.0148 e. The van der Waals surface area contributed by atoms with Crippen LogP contribution in [0.25, 0.3) is 0 Å². The zero-order chi connectivity index (χ0) is 11.4. The summed E-state index contributed by atoms with van der Waals surface area (Å²) < 4.78 is 0. The molecule has 0 rings (SSSR count). The highest BCUT2D eigenvalue weighted by Crippen LogP contribution is 2.37. The molecule has 0 heterocycles. The smallest absolute Gasteiger partial charge is 0.0148 e. The van der Waals surface area contributed by atoms with Crippen LogP contribution in [0.1, 0.15) is 67.2 Å². The van der Waals surface area contributed by atoms with Gasteiger partial charge in [0.2, 0.25) is 0 Å². The number of rotatable bonds is 5. The van der Waals surface area contributed by atoms with Crippen LogP contribution in [0.4, 0.5) is 0 Å². The van der Waals surface area contributed by atoms with E-state index in [0.29, 0.717) is 5.41 Å². The Morgan fingerprint density at radius 3 is 1.50 bits per heavy atom. The lowest BCUT2D eigenvalue weighted by Gasteiger charge is -2.34. The van der Waals surface area contributed by atoms with Crippen molar-refractivity contribution in [1.29, 1.82) is 5.41 Å². The van der Waals surface area contributed by atoms with Crippen molar-refractivity contribution < 1.29 is 0 Å². The van der Waals surface area contributed by atoms with Crippen molar-refractivity contribution in [3.63, 3.8) is 0 Å². The zero-order valence-electron chi connectivity index (χ0n) is 10.8. The predicted octanol–water partition coefficient (Wildman–Crippen LogP) is 4.66. The lowest BCUT2D eigenvalue weighted by molar-refractivity contribution is 0.256. The summed E-state index contributed by atoms with van der Waals surface area (Å²) in [5.41, 5.74) is 1.33. The summed E-state index contributed by atoms with van der Waals surface area (Å²) in [4.78, 5) is 0. The Labute approximate surface area is 89.8 Å². The van der Waals surface area contributed by atoms with Crippen LogP contribution in [0.5, 0.6) is 0 Å². The molecule has 0 bridgehead atoms. The summed E-state index contributed by atoms with van der Waals surface area (Å²) in [6.07, 6.45) is 4.55. The fraction of sp³-hybridized carbons (Fsp3) is 0.923. The van der Waals surface area contributed by atoms with Gasteiger partial charge in [0.05, 0.1) is 0 Å². The Hall–Kier alpha value is -0.330. The molecule has 0 aromatic rings. The van der Waals surface area contributed by atoms with Gasteiger partial charge < -0.3 is 5.41 Å². The van der Waals surface area contributed by atoms with Crippen LogP contribution in [0, 0.1) is 16.2 Å². The van der Waals surface area contributed by atoms with Crippen molar-refractivity contribution in [3.05, 3.63) is 0 Å². The SMILES string of the molecule is CCC(CC)(CC)CC(=N)C(C)(C)C. The maximum absolute atomic E-state index is 8.11. The molecule has 0 aliphatic rings. The van der Waals surface area contributed by atoms with E-state index in [9.17, 15) is 0 Å². The summed E-state index contributed by atoms with van der Waals surface area (Å²) in [7, 11) is 0. The second-order valence-corrected chi connectivity index (χ2v) is 5.47. The number of hydrogen-bond donors (Lipinski definition) is 1. The first kappa shape index (κ1) is 13.7. The average molecular weight is 197 g/mol. The molecule has 0 aliphatic carbocycles. The summed E-state index contributed by atoms with van der Waals surface area (Å²) in [5, 5.41) is 8.11. The zero-order valence-corrected chi connectivity index (χ0v) is 10.8. The van der Waals surface area contributed by atoms with Crippen LogP contribution >= 0.6 is 0 Å². The average Bonchev–Trinajstić information content (AvgIpc) is 2.12. The Morgan fingerprint density at radius 2 is 1.29 bits per heavy atom. The molecule has 0 aliphatic heterocycles. The third kappa shape index (κ3) is 3.43. The molecular formula is C13H27N. The van der Waals surface area contributed by atoms with E-state index >= 15 is 0 Å². The quantitative estimate of drug-likeness (QED) is 0.620. The van der Waals surface area contributed by atoms with Gasteiger partial charge in [-0.05, 0) is 17.3 Å². The van der Waals surface area contributed by atoms with E-state index in [1.165, 1.54) is 19.3 Å². The van der Waals surface area contributed by atoms with Crippen LogP contribution in [0.2, 0.25) is 0 Å². The molecule has 1 heteroatoms. The molecule has 1 N–H and O–H groups in total. The van der Waals surface area contributed by atoms with E-state index in [1.807, 2.05) is 0 Å². The molecule has 0 fully saturated rings. The van der Waals surface area contributed by atoms with Crippen molar-refractivity contribution in [2.45, 2.75) is 67.2 Å². The lowest BCUT2D eigenvalue weighted by atomic mass is 9.71.